The van der Waals surface area contributed by atoms with Gasteiger partial charge in [0.15, 0.2) is 0 Å². The standard InChI is InChI=1S/C12H12F4N2/c13-10-5-4-9(12(14,15)16)8-11(10)18-7-3-1-2-6-17/h4-5,8,18H,1-3,7H2. The van der Waals surface area contributed by atoms with Gasteiger partial charge in [-0.3, -0.25) is 0 Å². The lowest BCUT2D eigenvalue weighted by atomic mass is 10.1. The SMILES string of the molecule is N#CCCCCNc1cc(C(F)(F)F)ccc1F. The van der Waals surface area contributed by atoms with Crippen molar-refractivity contribution in [2.45, 2.75) is 25.4 Å². The Hall–Kier alpha value is -1.77. The van der Waals surface area contributed by atoms with E-state index >= 15 is 0 Å². The Labute approximate surface area is 102 Å². The van der Waals surface area contributed by atoms with Gasteiger partial charge >= 0.3 is 6.18 Å². The molecule has 0 saturated carbocycles. The first-order valence-corrected chi connectivity index (χ1v) is 5.42. The third-order valence-electron chi connectivity index (χ3n) is 2.32. The molecule has 0 aliphatic heterocycles. The molecule has 0 saturated heterocycles. The van der Waals surface area contributed by atoms with E-state index in [1.165, 1.54) is 0 Å². The number of nitrogens with zero attached hydrogens (tertiary/aromatic N) is 1. The van der Waals surface area contributed by atoms with Gasteiger partial charge in [0.1, 0.15) is 5.82 Å². The summed E-state index contributed by atoms with van der Waals surface area (Å²) in [5, 5.41) is 10.9. The molecule has 0 heterocycles. The molecule has 1 aromatic carbocycles. The molecule has 0 unspecified atom stereocenters. The molecule has 98 valence electrons. The fraction of sp³-hybridized carbons (Fsp3) is 0.417. The highest BCUT2D eigenvalue weighted by molar-refractivity contribution is 5.47. The van der Waals surface area contributed by atoms with Crippen LogP contribution in [0, 0.1) is 17.1 Å². The molecule has 0 aromatic heterocycles. The zero-order valence-electron chi connectivity index (χ0n) is 9.52. The van der Waals surface area contributed by atoms with Crippen LogP contribution in [-0.4, -0.2) is 6.54 Å². The summed E-state index contributed by atoms with van der Waals surface area (Å²) in [4.78, 5) is 0. The largest absolute Gasteiger partial charge is 0.416 e. The van der Waals surface area contributed by atoms with Gasteiger partial charge in [0, 0.05) is 13.0 Å². The van der Waals surface area contributed by atoms with Crippen LogP contribution >= 0.6 is 0 Å². The van der Waals surface area contributed by atoms with Crippen molar-refractivity contribution in [2.75, 3.05) is 11.9 Å². The molecule has 0 radical (unpaired) electrons. The molecule has 0 atom stereocenters. The molecule has 0 amide bonds. The Morgan fingerprint density at radius 1 is 1.22 bits per heavy atom. The number of nitrogens with one attached hydrogen (secondary N) is 1. The highest BCUT2D eigenvalue weighted by Crippen LogP contribution is 2.31. The quantitative estimate of drug-likeness (QED) is 0.642. The summed E-state index contributed by atoms with van der Waals surface area (Å²) in [6.07, 6.45) is -2.87. The number of halogens is 4. The number of rotatable bonds is 5. The Bertz CT molecular complexity index is 435. The van der Waals surface area contributed by atoms with Crippen LogP contribution in [0.2, 0.25) is 0 Å². The number of anilines is 1. The molecular weight excluding hydrogens is 248 g/mol. The maximum atomic E-state index is 13.3. The Morgan fingerprint density at radius 2 is 1.94 bits per heavy atom. The number of unbranched alkanes of at least 4 members (excludes halogenated alkanes) is 2. The number of nitriles is 1. The summed E-state index contributed by atoms with van der Waals surface area (Å²) in [7, 11) is 0. The van der Waals surface area contributed by atoms with Gasteiger partial charge in [-0.1, -0.05) is 0 Å². The molecule has 2 nitrogen and oxygen atoms in total. The van der Waals surface area contributed by atoms with E-state index in [-0.39, 0.29) is 5.69 Å². The van der Waals surface area contributed by atoms with Crippen molar-refractivity contribution in [1.29, 1.82) is 5.26 Å². The van der Waals surface area contributed by atoms with Crippen molar-refractivity contribution in [2.24, 2.45) is 0 Å². The minimum absolute atomic E-state index is 0.165. The van der Waals surface area contributed by atoms with Crippen molar-refractivity contribution in [1.82, 2.24) is 0 Å². The van der Waals surface area contributed by atoms with Crippen molar-refractivity contribution >= 4 is 5.69 Å². The van der Waals surface area contributed by atoms with Crippen LogP contribution < -0.4 is 5.32 Å². The van der Waals surface area contributed by atoms with Gasteiger partial charge < -0.3 is 5.32 Å². The molecule has 6 heteroatoms. The summed E-state index contributed by atoms with van der Waals surface area (Å²) < 4.78 is 50.5. The lowest BCUT2D eigenvalue weighted by Gasteiger charge is -2.11. The van der Waals surface area contributed by atoms with Crippen LogP contribution in [0.1, 0.15) is 24.8 Å². The number of hydrogen-bond donors (Lipinski definition) is 1. The van der Waals surface area contributed by atoms with E-state index in [0.717, 1.165) is 12.1 Å². The predicted octanol–water partition coefficient (Wildman–Crippen LogP) is 3.95. The minimum Gasteiger partial charge on any atom is -0.383 e. The summed E-state index contributed by atoms with van der Waals surface area (Å²) in [5.74, 6) is -0.719. The molecule has 0 fully saturated rings. The van der Waals surface area contributed by atoms with Crippen LogP contribution in [0.25, 0.3) is 0 Å². The van der Waals surface area contributed by atoms with Crippen molar-refractivity contribution in [3.05, 3.63) is 29.6 Å². The zero-order valence-corrected chi connectivity index (χ0v) is 9.52. The average Bonchev–Trinajstić information content (AvgIpc) is 2.29. The van der Waals surface area contributed by atoms with Gasteiger partial charge in [-0.05, 0) is 31.0 Å². The summed E-state index contributed by atoms with van der Waals surface area (Å²) >= 11 is 0. The van der Waals surface area contributed by atoms with Crippen LogP contribution in [0.3, 0.4) is 0 Å². The summed E-state index contributed by atoms with van der Waals surface area (Å²) in [5.41, 5.74) is -1.05. The minimum atomic E-state index is -4.48. The van der Waals surface area contributed by atoms with E-state index in [1.807, 2.05) is 6.07 Å². The van der Waals surface area contributed by atoms with Gasteiger partial charge in [0.05, 0.1) is 17.3 Å². The first kappa shape index (κ1) is 14.3. The Kier molecular flexibility index (Phi) is 4.95. The van der Waals surface area contributed by atoms with E-state index in [9.17, 15) is 17.6 Å². The normalized spacial score (nSPS) is 11.1. The van der Waals surface area contributed by atoms with Crippen LogP contribution in [-0.2, 0) is 6.18 Å². The van der Waals surface area contributed by atoms with Crippen LogP contribution in [0.5, 0.6) is 0 Å². The lowest BCUT2D eigenvalue weighted by Crippen LogP contribution is -2.08. The summed E-state index contributed by atoms with van der Waals surface area (Å²) in [6, 6.07) is 4.20. The second-order valence-corrected chi connectivity index (χ2v) is 3.73. The number of benzene rings is 1. The molecule has 1 aromatic rings. The number of hydrogen-bond acceptors (Lipinski definition) is 2. The van der Waals surface area contributed by atoms with Gasteiger partial charge in [0.25, 0.3) is 0 Å². The van der Waals surface area contributed by atoms with Crippen molar-refractivity contribution < 1.29 is 17.6 Å². The first-order chi connectivity index (χ1) is 8.45. The maximum Gasteiger partial charge on any atom is 0.416 e. The highest BCUT2D eigenvalue weighted by Gasteiger charge is 2.31. The first-order valence-electron chi connectivity index (χ1n) is 5.42. The molecule has 1 rings (SSSR count). The van der Waals surface area contributed by atoms with Crippen molar-refractivity contribution in [3.8, 4) is 6.07 Å². The molecule has 0 aliphatic carbocycles. The third-order valence-corrected chi connectivity index (χ3v) is 2.32. The van der Waals surface area contributed by atoms with E-state index in [4.69, 9.17) is 5.26 Å². The van der Waals surface area contributed by atoms with E-state index in [0.29, 0.717) is 31.9 Å². The van der Waals surface area contributed by atoms with Crippen molar-refractivity contribution in [3.63, 3.8) is 0 Å². The zero-order chi connectivity index (χ0) is 13.6. The fourth-order valence-corrected chi connectivity index (χ4v) is 1.39. The Balaban J connectivity index is 2.62. The van der Waals surface area contributed by atoms with Gasteiger partial charge in [-0.15, -0.1) is 0 Å². The molecule has 18 heavy (non-hydrogen) atoms. The fourth-order valence-electron chi connectivity index (χ4n) is 1.39. The number of alkyl halides is 3. The predicted molar refractivity (Wildman–Crippen MR) is 59.4 cm³/mol. The van der Waals surface area contributed by atoms with Gasteiger partial charge in [-0.2, -0.15) is 18.4 Å². The van der Waals surface area contributed by atoms with E-state index in [2.05, 4.69) is 5.32 Å². The second-order valence-electron chi connectivity index (χ2n) is 3.73. The smallest absolute Gasteiger partial charge is 0.383 e. The van der Waals surface area contributed by atoms with Crippen LogP contribution in [0.4, 0.5) is 23.2 Å². The monoisotopic (exact) mass is 260 g/mol. The molecule has 1 N–H and O–H groups in total. The third kappa shape index (κ3) is 4.24. The average molecular weight is 260 g/mol. The van der Waals surface area contributed by atoms with Gasteiger partial charge in [-0.25, -0.2) is 4.39 Å². The van der Waals surface area contributed by atoms with E-state index < -0.39 is 17.6 Å². The second kappa shape index (κ2) is 6.24. The maximum absolute atomic E-state index is 13.3. The summed E-state index contributed by atoms with van der Waals surface area (Å²) in [6.45, 7) is 0.333. The van der Waals surface area contributed by atoms with E-state index in [1.54, 1.807) is 0 Å². The molecule has 0 spiro atoms. The topological polar surface area (TPSA) is 35.8 Å². The van der Waals surface area contributed by atoms with Crippen LogP contribution in [0.15, 0.2) is 18.2 Å². The highest BCUT2D eigenvalue weighted by atomic mass is 19.4. The lowest BCUT2D eigenvalue weighted by molar-refractivity contribution is -0.137. The molecule has 0 aliphatic rings. The Morgan fingerprint density at radius 3 is 2.56 bits per heavy atom. The molecule has 0 bridgehead atoms. The van der Waals surface area contributed by atoms with Gasteiger partial charge in [0.2, 0.25) is 0 Å². The molecular formula is C12H12F4N2.